The zero-order chi connectivity index (χ0) is 9.84. The molecule has 0 aliphatic heterocycles. The normalized spacial score (nSPS) is 10.4. The van der Waals surface area contributed by atoms with Gasteiger partial charge < -0.3 is 5.21 Å². The Morgan fingerprint density at radius 3 is 2.69 bits per heavy atom. The van der Waals surface area contributed by atoms with Gasteiger partial charge in [0.2, 0.25) is 0 Å². The van der Waals surface area contributed by atoms with Gasteiger partial charge in [-0.15, -0.1) is 0 Å². The second-order valence-corrected chi connectivity index (χ2v) is 2.70. The number of hydrogen-bond donors (Lipinski definition) is 1. The number of hydroxylamine groups is 2. The molecule has 0 aromatic heterocycles. The number of nitro benzene ring substituents is 1. The Morgan fingerprint density at radius 2 is 2.15 bits per heavy atom. The maximum absolute atomic E-state index is 10.5. The lowest BCUT2D eigenvalue weighted by Crippen LogP contribution is -2.12. The highest BCUT2D eigenvalue weighted by molar-refractivity contribution is 5.39. The molecule has 1 rings (SSSR count). The number of nitro groups is 1. The molecule has 1 aromatic carbocycles. The van der Waals surface area contributed by atoms with Gasteiger partial charge in [0.25, 0.3) is 5.69 Å². The van der Waals surface area contributed by atoms with E-state index in [1.165, 1.54) is 13.1 Å². The summed E-state index contributed by atoms with van der Waals surface area (Å²) in [4.78, 5) is 10.0. The Balaban J connectivity index is 2.98. The smallest absolute Gasteiger partial charge is 0.273 e. The van der Waals surface area contributed by atoms with Gasteiger partial charge in [-0.2, -0.15) is 5.06 Å². The summed E-state index contributed by atoms with van der Waals surface area (Å²) >= 11 is 0. The molecule has 0 radical (unpaired) electrons. The van der Waals surface area contributed by atoms with Crippen molar-refractivity contribution in [1.82, 2.24) is 5.06 Å². The van der Waals surface area contributed by atoms with Crippen LogP contribution in [0.25, 0.3) is 0 Å². The van der Waals surface area contributed by atoms with Crippen LogP contribution < -0.4 is 0 Å². The number of rotatable bonds is 3. The van der Waals surface area contributed by atoms with E-state index in [2.05, 4.69) is 0 Å². The summed E-state index contributed by atoms with van der Waals surface area (Å²) in [6.45, 7) is 0.150. The first-order chi connectivity index (χ1) is 6.11. The molecule has 0 aliphatic carbocycles. The molecule has 5 heteroatoms. The van der Waals surface area contributed by atoms with Crippen molar-refractivity contribution in [2.24, 2.45) is 0 Å². The van der Waals surface area contributed by atoms with Gasteiger partial charge in [0.05, 0.1) is 11.5 Å². The Kier molecular flexibility index (Phi) is 2.94. The molecule has 0 unspecified atom stereocenters. The van der Waals surface area contributed by atoms with Crippen LogP contribution >= 0.6 is 0 Å². The van der Waals surface area contributed by atoms with Crippen LogP contribution in [-0.2, 0) is 6.54 Å². The number of hydrogen-bond acceptors (Lipinski definition) is 4. The summed E-state index contributed by atoms with van der Waals surface area (Å²) in [6, 6.07) is 6.33. The van der Waals surface area contributed by atoms with Crippen LogP contribution in [0.3, 0.4) is 0 Å². The molecule has 0 saturated heterocycles. The lowest BCUT2D eigenvalue weighted by molar-refractivity contribution is -0.386. The monoisotopic (exact) mass is 182 g/mol. The largest absolute Gasteiger partial charge is 0.314 e. The zero-order valence-electron chi connectivity index (χ0n) is 7.17. The molecular formula is C8H10N2O3. The molecule has 0 heterocycles. The fourth-order valence-corrected chi connectivity index (χ4v) is 1.07. The lowest BCUT2D eigenvalue weighted by Gasteiger charge is -2.07. The van der Waals surface area contributed by atoms with Gasteiger partial charge in [-0.05, 0) is 0 Å². The number of benzene rings is 1. The highest BCUT2D eigenvalue weighted by atomic mass is 16.6. The SMILES string of the molecule is CN(O)Cc1ccccc1[N+](=O)[O-]. The Hall–Kier alpha value is -1.46. The third-order valence-electron chi connectivity index (χ3n) is 1.59. The second kappa shape index (κ2) is 3.97. The molecule has 0 bridgehead atoms. The minimum absolute atomic E-state index is 0.0309. The molecule has 1 N–H and O–H groups in total. The van der Waals surface area contributed by atoms with Crippen molar-refractivity contribution in [2.45, 2.75) is 6.54 Å². The molecule has 0 amide bonds. The summed E-state index contributed by atoms with van der Waals surface area (Å²) in [6.07, 6.45) is 0. The molecule has 0 spiro atoms. The van der Waals surface area contributed by atoms with E-state index < -0.39 is 4.92 Å². The molecule has 0 atom stereocenters. The molecule has 0 saturated carbocycles. The highest BCUT2D eigenvalue weighted by Crippen LogP contribution is 2.18. The van der Waals surface area contributed by atoms with E-state index in [1.807, 2.05) is 0 Å². The Bertz CT molecular complexity index is 312. The summed E-state index contributed by atoms with van der Waals surface area (Å²) in [7, 11) is 1.44. The van der Waals surface area contributed by atoms with E-state index in [0.717, 1.165) is 5.06 Å². The van der Waals surface area contributed by atoms with Gasteiger partial charge >= 0.3 is 0 Å². The van der Waals surface area contributed by atoms with Crippen molar-refractivity contribution in [3.63, 3.8) is 0 Å². The predicted octanol–water partition coefficient (Wildman–Crippen LogP) is 1.42. The lowest BCUT2D eigenvalue weighted by atomic mass is 10.2. The fourth-order valence-electron chi connectivity index (χ4n) is 1.07. The fraction of sp³-hybridized carbons (Fsp3) is 0.250. The third kappa shape index (κ3) is 2.50. The van der Waals surface area contributed by atoms with Gasteiger partial charge in [0.15, 0.2) is 0 Å². The second-order valence-electron chi connectivity index (χ2n) is 2.70. The van der Waals surface area contributed by atoms with E-state index in [0.29, 0.717) is 5.56 Å². The van der Waals surface area contributed by atoms with Crippen LogP contribution in [0.4, 0.5) is 5.69 Å². The summed E-state index contributed by atoms with van der Waals surface area (Å²) < 4.78 is 0. The van der Waals surface area contributed by atoms with Gasteiger partial charge in [-0.1, -0.05) is 18.2 Å². The van der Waals surface area contributed by atoms with Crippen molar-refractivity contribution >= 4 is 5.69 Å². The average molecular weight is 182 g/mol. The van der Waals surface area contributed by atoms with Crippen molar-refractivity contribution in [2.75, 3.05) is 7.05 Å². The van der Waals surface area contributed by atoms with Crippen LogP contribution in [0, 0.1) is 10.1 Å². The maximum atomic E-state index is 10.5. The molecule has 0 fully saturated rings. The van der Waals surface area contributed by atoms with E-state index in [-0.39, 0.29) is 12.2 Å². The number of nitrogens with zero attached hydrogens (tertiary/aromatic N) is 2. The van der Waals surface area contributed by atoms with Crippen LogP contribution in [0.5, 0.6) is 0 Å². The van der Waals surface area contributed by atoms with Crippen molar-refractivity contribution < 1.29 is 10.1 Å². The molecule has 5 nitrogen and oxygen atoms in total. The van der Waals surface area contributed by atoms with Crippen LogP contribution in [-0.4, -0.2) is 22.2 Å². The van der Waals surface area contributed by atoms with Crippen LogP contribution in [0.2, 0.25) is 0 Å². The van der Waals surface area contributed by atoms with Gasteiger partial charge in [-0.3, -0.25) is 10.1 Å². The zero-order valence-corrected chi connectivity index (χ0v) is 7.17. The highest BCUT2D eigenvalue weighted by Gasteiger charge is 2.12. The molecule has 1 aromatic rings. The topological polar surface area (TPSA) is 66.6 Å². The minimum Gasteiger partial charge on any atom is -0.314 e. The predicted molar refractivity (Wildman–Crippen MR) is 46.3 cm³/mol. The van der Waals surface area contributed by atoms with E-state index in [1.54, 1.807) is 18.2 Å². The van der Waals surface area contributed by atoms with Gasteiger partial charge in [-0.25, -0.2) is 0 Å². The minimum atomic E-state index is -0.459. The maximum Gasteiger partial charge on any atom is 0.273 e. The van der Waals surface area contributed by atoms with E-state index >= 15 is 0 Å². The van der Waals surface area contributed by atoms with Crippen molar-refractivity contribution in [3.8, 4) is 0 Å². The third-order valence-corrected chi connectivity index (χ3v) is 1.59. The first kappa shape index (κ1) is 9.63. The molecule has 70 valence electrons. The quantitative estimate of drug-likeness (QED) is 0.567. The van der Waals surface area contributed by atoms with Gasteiger partial charge in [0, 0.05) is 18.7 Å². The first-order valence-corrected chi connectivity index (χ1v) is 3.73. The van der Waals surface area contributed by atoms with Crippen molar-refractivity contribution in [3.05, 3.63) is 39.9 Å². The summed E-state index contributed by atoms with van der Waals surface area (Å²) in [5, 5.41) is 20.3. The standard InChI is InChI=1S/C8H10N2O3/c1-9(11)6-7-4-2-3-5-8(7)10(12)13/h2-5,11H,6H2,1H3. The summed E-state index contributed by atoms with van der Waals surface area (Å²) in [5.41, 5.74) is 0.529. The molecule has 0 aliphatic rings. The average Bonchev–Trinajstić information content (AvgIpc) is 2.03. The van der Waals surface area contributed by atoms with E-state index in [4.69, 9.17) is 5.21 Å². The first-order valence-electron chi connectivity index (χ1n) is 3.73. The number of para-hydroxylation sites is 1. The molecular weight excluding hydrogens is 172 g/mol. The van der Waals surface area contributed by atoms with Gasteiger partial charge in [0.1, 0.15) is 0 Å². The van der Waals surface area contributed by atoms with Crippen LogP contribution in [0.1, 0.15) is 5.56 Å². The Morgan fingerprint density at radius 1 is 1.54 bits per heavy atom. The Labute approximate surface area is 75.3 Å². The molecule has 13 heavy (non-hydrogen) atoms. The van der Waals surface area contributed by atoms with Crippen LogP contribution in [0.15, 0.2) is 24.3 Å². The van der Waals surface area contributed by atoms with E-state index in [9.17, 15) is 10.1 Å². The van der Waals surface area contributed by atoms with Crippen molar-refractivity contribution in [1.29, 1.82) is 0 Å². The summed E-state index contributed by atoms with van der Waals surface area (Å²) in [5.74, 6) is 0.